The summed E-state index contributed by atoms with van der Waals surface area (Å²) in [4.78, 5) is 19.7. The third-order valence-corrected chi connectivity index (χ3v) is 5.30. The summed E-state index contributed by atoms with van der Waals surface area (Å²) < 4.78 is 25.5. The maximum absolute atomic E-state index is 11.5. The van der Waals surface area contributed by atoms with E-state index in [1.165, 1.54) is 9.21 Å². The summed E-state index contributed by atoms with van der Waals surface area (Å²) in [6, 6.07) is 0. The summed E-state index contributed by atoms with van der Waals surface area (Å²) in [5, 5.41) is 5.99. The fourth-order valence-corrected chi connectivity index (χ4v) is 3.86. The number of nitrogens with one attached hydrogen (secondary N) is 2. The van der Waals surface area contributed by atoms with E-state index in [1.807, 2.05) is 13.8 Å². The van der Waals surface area contributed by atoms with Crippen LogP contribution in [-0.2, 0) is 18.4 Å². The quantitative estimate of drug-likeness (QED) is 0.194. The molecular weight excluding hydrogens is 489 g/mol. The molecule has 3 rings (SSSR count). The van der Waals surface area contributed by atoms with Gasteiger partial charge in [-0.3, -0.25) is 14.4 Å². The number of nitrogens with zero attached hydrogens (tertiary/aromatic N) is 3. The summed E-state index contributed by atoms with van der Waals surface area (Å²) in [6.07, 6.45) is 0.690. The van der Waals surface area contributed by atoms with Crippen molar-refractivity contribution in [1.29, 1.82) is 0 Å². The first kappa shape index (κ1) is 20.8. The van der Waals surface area contributed by atoms with Gasteiger partial charge in [0.1, 0.15) is 29.8 Å². The minimum atomic E-state index is -0.740. The van der Waals surface area contributed by atoms with Crippen LogP contribution in [0.2, 0.25) is 0 Å². The summed E-state index contributed by atoms with van der Waals surface area (Å²) >= 11 is 2.06. The van der Waals surface area contributed by atoms with Crippen molar-refractivity contribution in [3.8, 4) is 0 Å². The Morgan fingerprint density at radius 3 is 2.89 bits per heavy atom. The van der Waals surface area contributed by atoms with Crippen LogP contribution in [0.3, 0.4) is 0 Å². The van der Waals surface area contributed by atoms with Crippen LogP contribution in [-0.4, -0.2) is 66.6 Å². The molecule has 10 nitrogen and oxygen atoms in total. The Bertz CT molecular complexity index is 715. The van der Waals surface area contributed by atoms with E-state index in [4.69, 9.17) is 18.4 Å². The van der Waals surface area contributed by atoms with Gasteiger partial charge in [0.25, 0.3) is 0 Å². The van der Waals surface area contributed by atoms with Crippen LogP contribution < -0.4 is 10.6 Å². The van der Waals surface area contributed by atoms with Crippen molar-refractivity contribution in [2.24, 2.45) is 4.99 Å². The van der Waals surface area contributed by atoms with Crippen LogP contribution in [0.15, 0.2) is 11.3 Å². The minimum absolute atomic E-state index is 0.243. The second kappa shape index (κ2) is 8.61. The van der Waals surface area contributed by atoms with Crippen molar-refractivity contribution >= 4 is 48.5 Å². The number of guanidine groups is 1. The zero-order chi connectivity index (χ0) is 19.6. The number of halogens is 1. The third kappa shape index (κ3) is 4.24. The zero-order valence-electron chi connectivity index (χ0n) is 15.3. The van der Waals surface area contributed by atoms with Gasteiger partial charge >= 0.3 is 0 Å². The minimum Gasteiger partial charge on any atom is -0.359 e. The number of rotatable bonds is 6. The van der Waals surface area contributed by atoms with Crippen molar-refractivity contribution in [3.63, 3.8) is 0 Å². The van der Waals surface area contributed by atoms with Gasteiger partial charge < -0.3 is 29.0 Å². The highest BCUT2D eigenvalue weighted by atomic mass is 127. The van der Waals surface area contributed by atoms with Crippen molar-refractivity contribution in [2.45, 2.75) is 44.2 Å². The number of ether oxygens (including phenoxy) is 3. The first-order valence-electron chi connectivity index (χ1n) is 8.29. The average molecular weight is 511 g/mol. The molecule has 27 heavy (non-hydrogen) atoms. The molecule has 0 amide bonds. The van der Waals surface area contributed by atoms with Crippen LogP contribution in [0.4, 0.5) is 5.82 Å². The number of carbonyl (C=O) groups excluding carboxylic acids is 1. The Balaban J connectivity index is 1.93. The third-order valence-electron chi connectivity index (χ3n) is 4.31. The second-order valence-corrected chi connectivity index (χ2v) is 7.87. The molecule has 0 bridgehead atoms. The molecule has 0 spiro atoms. The molecule has 0 radical (unpaired) electrons. The normalized spacial score (nSPS) is 29.6. The number of aliphatic imine (C=N–C) groups is 1. The fraction of sp³-hybridized carbons (Fsp3) is 0.667. The highest BCUT2D eigenvalue weighted by molar-refractivity contribution is 14.2. The summed E-state index contributed by atoms with van der Waals surface area (Å²) in [5.41, 5.74) is 0.243. The Labute approximate surface area is 173 Å². The molecule has 4 atom stereocenters. The molecule has 1 aromatic heterocycles. The van der Waals surface area contributed by atoms with Gasteiger partial charge in [0.2, 0.25) is 0 Å². The van der Waals surface area contributed by atoms with Crippen molar-refractivity contribution < 1.29 is 23.2 Å². The number of aldehydes is 1. The van der Waals surface area contributed by atoms with E-state index in [1.54, 1.807) is 25.0 Å². The molecule has 0 aliphatic carbocycles. The Hall–Kier alpha value is -0.930. The van der Waals surface area contributed by atoms with Gasteiger partial charge in [0.15, 0.2) is 24.3 Å². The number of fused-ring (bicyclic) bond motifs is 1. The highest BCUT2D eigenvalue weighted by Gasteiger charge is 2.56. The molecule has 150 valence electrons. The average Bonchev–Trinajstić information content (AvgIpc) is 3.28. The SMILES string of the molecule is CN=C(NC)Nc1c(C=O)ncn1C1OC(COSI)C2OC(C)(C)OC21. The molecule has 2 saturated heterocycles. The van der Waals surface area contributed by atoms with Crippen LogP contribution in [0, 0.1) is 0 Å². The lowest BCUT2D eigenvalue weighted by atomic mass is 10.1. The van der Waals surface area contributed by atoms with Crippen LogP contribution in [0.25, 0.3) is 0 Å². The van der Waals surface area contributed by atoms with Crippen molar-refractivity contribution in [3.05, 3.63) is 12.0 Å². The lowest BCUT2D eigenvalue weighted by molar-refractivity contribution is -0.198. The van der Waals surface area contributed by atoms with Gasteiger partial charge in [-0.1, -0.05) is 0 Å². The monoisotopic (exact) mass is 511 g/mol. The Kier molecular flexibility index (Phi) is 6.63. The number of imidazole rings is 1. The van der Waals surface area contributed by atoms with Crippen LogP contribution in [0.5, 0.6) is 0 Å². The molecule has 2 aliphatic rings. The molecule has 2 N–H and O–H groups in total. The van der Waals surface area contributed by atoms with Gasteiger partial charge in [-0.25, -0.2) is 4.98 Å². The number of anilines is 1. The van der Waals surface area contributed by atoms with E-state index >= 15 is 0 Å². The van der Waals surface area contributed by atoms with Crippen LogP contribution in [0.1, 0.15) is 30.6 Å². The summed E-state index contributed by atoms with van der Waals surface area (Å²) in [5.74, 6) is 0.205. The summed E-state index contributed by atoms with van der Waals surface area (Å²) in [7, 11) is 4.60. The standard InChI is InChI=1S/C15H22IN5O5S/c1-15(2)25-10-9(6-23-27-16)24-13(11(10)26-15)21-7-19-8(5-22)12(21)20-14(17-3)18-4/h5,7,9-11,13H,6H2,1-4H3,(H2,17,18,20). The Morgan fingerprint density at radius 1 is 1.52 bits per heavy atom. The molecule has 0 aromatic carbocycles. The van der Waals surface area contributed by atoms with E-state index in [0.717, 1.165) is 0 Å². The van der Waals surface area contributed by atoms with E-state index < -0.39 is 12.0 Å². The molecule has 2 aliphatic heterocycles. The fourth-order valence-electron chi connectivity index (χ4n) is 3.24. The second-order valence-electron chi connectivity index (χ2n) is 6.43. The Morgan fingerprint density at radius 2 is 2.26 bits per heavy atom. The summed E-state index contributed by atoms with van der Waals surface area (Å²) in [6.45, 7) is 4.07. The maximum atomic E-state index is 11.5. The molecule has 4 unspecified atom stereocenters. The lowest BCUT2D eigenvalue weighted by Gasteiger charge is -2.25. The molecule has 12 heteroatoms. The van der Waals surface area contributed by atoms with Crippen LogP contribution >= 0.6 is 30.4 Å². The highest BCUT2D eigenvalue weighted by Crippen LogP contribution is 2.44. The predicted molar refractivity (Wildman–Crippen MR) is 109 cm³/mol. The van der Waals surface area contributed by atoms with Gasteiger partial charge in [0, 0.05) is 35.3 Å². The molecule has 1 aromatic rings. The van der Waals surface area contributed by atoms with Gasteiger partial charge in [-0.2, -0.15) is 0 Å². The van der Waals surface area contributed by atoms with Gasteiger partial charge in [-0.15, -0.1) is 0 Å². The van der Waals surface area contributed by atoms with E-state index in [-0.39, 0.29) is 24.0 Å². The molecule has 0 saturated carbocycles. The maximum Gasteiger partial charge on any atom is 0.196 e. The van der Waals surface area contributed by atoms with Gasteiger partial charge in [0.05, 0.1) is 22.1 Å². The first-order valence-corrected chi connectivity index (χ1v) is 11.6. The predicted octanol–water partition coefficient (Wildman–Crippen LogP) is 1.74. The van der Waals surface area contributed by atoms with E-state index in [0.29, 0.717) is 24.7 Å². The van der Waals surface area contributed by atoms with Crippen molar-refractivity contribution in [1.82, 2.24) is 14.9 Å². The van der Waals surface area contributed by atoms with Crippen molar-refractivity contribution in [2.75, 3.05) is 26.0 Å². The van der Waals surface area contributed by atoms with E-state index in [2.05, 4.69) is 41.8 Å². The lowest BCUT2D eigenvalue weighted by Crippen LogP contribution is -2.32. The number of carbonyl (C=O) groups is 1. The number of aromatic nitrogens is 2. The molecule has 3 heterocycles. The van der Waals surface area contributed by atoms with E-state index in [9.17, 15) is 4.79 Å². The number of hydrogen-bond acceptors (Lipinski definition) is 8. The largest absolute Gasteiger partial charge is 0.359 e. The molecule has 2 fully saturated rings. The topological polar surface area (TPSA) is 108 Å². The molecular formula is C15H22IN5O5S. The first-order chi connectivity index (χ1) is 12.9. The number of hydrogen-bond donors (Lipinski definition) is 2. The van der Waals surface area contributed by atoms with Gasteiger partial charge in [-0.05, 0) is 13.8 Å². The zero-order valence-corrected chi connectivity index (χ0v) is 18.3. The smallest absolute Gasteiger partial charge is 0.196 e.